The molecule has 0 N–H and O–H groups in total. The average Bonchev–Trinajstić information content (AvgIpc) is 3.02. The zero-order valence-electron chi connectivity index (χ0n) is 24.4. The molecule has 0 atom stereocenters. The van der Waals surface area contributed by atoms with Crippen molar-refractivity contribution in [2.75, 3.05) is 22.9 Å². The van der Waals surface area contributed by atoms with Gasteiger partial charge >= 0.3 is 0 Å². The predicted molar refractivity (Wildman–Crippen MR) is 164 cm³/mol. The van der Waals surface area contributed by atoms with E-state index in [1.165, 1.54) is 63.0 Å². The lowest BCUT2D eigenvalue weighted by Crippen LogP contribution is -2.40. The van der Waals surface area contributed by atoms with Gasteiger partial charge in [-0.1, -0.05) is 49.9 Å². The number of aryl methyl sites for hydroxylation is 2. The molecule has 4 aromatic heterocycles. The van der Waals surface area contributed by atoms with Crippen LogP contribution in [0.1, 0.15) is 65.2 Å². The summed E-state index contributed by atoms with van der Waals surface area (Å²) in [5, 5.41) is 0. The highest BCUT2D eigenvalue weighted by Gasteiger charge is 2.22. The van der Waals surface area contributed by atoms with Crippen LogP contribution in [0.2, 0.25) is 0 Å². The number of anilines is 4. The first kappa shape index (κ1) is 29.2. The van der Waals surface area contributed by atoms with Crippen LogP contribution in [0.3, 0.4) is 0 Å². The predicted octanol–water partition coefficient (Wildman–Crippen LogP) is 7.19. The molecule has 0 aliphatic carbocycles. The highest BCUT2D eigenvalue weighted by atomic mass is 15.3. The Hall–Kier alpha value is -3.80. The summed E-state index contributed by atoms with van der Waals surface area (Å²) in [6, 6.07) is 25.2. The van der Waals surface area contributed by atoms with Crippen LogP contribution in [-0.2, 0) is 13.1 Å². The molecule has 0 unspecified atom stereocenters. The van der Waals surface area contributed by atoms with Gasteiger partial charge in [0, 0.05) is 36.7 Å². The molecule has 0 saturated heterocycles. The van der Waals surface area contributed by atoms with E-state index in [0.717, 1.165) is 37.8 Å². The molecule has 40 heavy (non-hydrogen) atoms. The van der Waals surface area contributed by atoms with Crippen molar-refractivity contribution in [1.29, 1.82) is 0 Å². The zero-order valence-corrected chi connectivity index (χ0v) is 24.4. The summed E-state index contributed by atoms with van der Waals surface area (Å²) in [6.07, 6.45) is 18.1. The van der Waals surface area contributed by atoms with Gasteiger partial charge in [0.1, 0.15) is 0 Å². The molecule has 6 heteroatoms. The first-order valence-corrected chi connectivity index (χ1v) is 15.2. The molecule has 6 nitrogen and oxygen atoms in total. The van der Waals surface area contributed by atoms with Crippen molar-refractivity contribution in [3.63, 3.8) is 0 Å². The highest BCUT2D eigenvalue weighted by Crippen LogP contribution is 2.22. The summed E-state index contributed by atoms with van der Waals surface area (Å²) >= 11 is 0. The lowest BCUT2D eigenvalue weighted by atomic mass is 10.1. The summed E-state index contributed by atoms with van der Waals surface area (Å²) in [7, 11) is 0. The van der Waals surface area contributed by atoms with E-state index in [2.05, 4.69) is 116 Å². The Labute approximate surface area is 241 Å². The molecule has 0 radical (unpaired) electrons. The van der Waals surface area contributed by atoms with Crippen LogP contribution in [0.15, 0.2) is 97.6 Å². The Bertz CT molecular complexity index is 1150. The van der Waals surface area contributed by atoms with Crippen LogP contribution in [0.25, 0.3) is 0 Å². The van der Waals surface area contributed by atoms with Gasteiger partial charge in [0.15, 0.2) is 0 Å². The molecule has 0 fully saturated rings. The van der Waals surface area contributed by atoms with Gasteiger partial charge in [-0.2, -0.15) is 0 Å². The third-order valence-corrected chi connectivity index (χ3v) is 7.43. The topological polar surface area (TPSA) is 40.0 Å². The van der Waals surface area contributed by atoms with Gasteiger partial charge in [-0.15, -0.1) is 0 Å². The monoisotopic (exact) mass is 538 g/mol. The second-order valence-electron chi connectivity index (χ2n) is 10.2. The maximum Gasteiger partial charge on any atom is 0.282 e. The molecular formula is C34H46N6+2. The first-order valence-electron chi connectivity index (χ1n) is 15.2. The first-order chi connectivity index (χ1) is 19.8. The number of aromatic nitrogens is 4. The van der Waals surface area contributed by atoms with Crippen molar-refractivity contribution in [2.45, 2.75) is 78.3 Å². The normalized spacial score (nSPS) is 10.9. The van der Waals surface area contributed by atoms with Gasteiger partial charge < -0.3 is 0 Å². The van der Waals surface area contributed by atoms with Crippen molar-refractivity contribution in [2.24, 2.45) is 0 Å². The molecule has 0 aliphatic rings. The third-order valence-electron chi connectivity index (χ3n) is 7.43. The van der Waals surface area contributed by atoms with E-state index in [1.807, 2.05) is 24.5 Å². The van der Waals surface area contributed by atoms with Crippen LogP contribution in [0.4, 0.5) is 23.3 Å². The zero-order chi connectivity index (χ0) is 27.8. The summed E-state index contributed by atoms with van der Waals surface area (Å²) in [4.78, 5) is 14.0. The van der Waals surface area contributed by atoms with Crippen molar-refractivity contribution < 1.29 is 9.13 Å². The lowest BCUT2D eigenvalue weighted by Gasteiger charge is -2.18. The van der Waals surface area contributed by atoms with Crippen LogP contribution in [0.5, 0.6) is 0 Å². The van der Waals surface area contributed by atoms with E-state index in [-0.39, 0.29) is 0 Å². The highest BCUT2D eigenvalue weighted by molar-refractivity contribution is 5.53. The van der Waals surface area contributed by atoms with Crippen LogP contribution in [0, 0.1) is 0 Å². The van der Waals surface area contributed by atoms with Crippen molar-refractivity contribution >= 4 is 23.3 Å². The molecule has 0 spiro atoms. The van der Waals surface area contributed by atoms with Gasteiger partial charge in [0.25, 0.3) is 11.6 Å². The fourth-order valence-electron chi connectivity index (χ4n) is 5.28. The maximum absolute atomic E-state index is 4.65. The smallest absolute Gasteiger partial charge is 0.234 e. The molecule has 4 rings (SSSR count). The molecule has 0 aliphatic heterocycles. The fourth-order valence-corrected chi connectivity index (χ4v) is 5.28. The van der Waals surface area contributed by atoms with Gasteiger partial charge in [-0.05, 0) is 63.8 Å². The lowest BCUT2D eigenvalue weighted by molar-refractivity contribution is -0.681. The molecule has 210 valence electrons. The number of hydrogen-bond acceptors (Lipinski definition) is 4. The number of rotatable bonds is 17. The summed E-state index contributed by atoms with van der Waals surface area (Å²) in [5.41, 5.74) is 0. The molecule has 4 aromatic rings. The molecule has 0 aromatic carbocycles. The fraction of sp³-hybridized carbons (Fsp3) is 0.412. The summed E-state index contributed by atoms with van der Waals surface area (Å²) < 4.78 is 4.59. The molecular weight excluding hydrogens is 492 g/mol. The van der Waals surface area contributed by atoms with Gasteiger partial charge in [-0.3, -0.25) is 0 Å². The second kappa shape index (κ2) is 16.3. The average molecular weight is 539 g/mol. The Morgan fingerprint density at radius 1 is 0.500 bits per heavy atom. The maximum atomic E-state index is 4.65. The van der Waals surface area contributed by atoms with Crippen molar-refractivity contribution in [1.82, 2.24) is 9.97 Å². The van der Waals surface area contributed by atoms with Crippen LogP contribution >= 0.6 is 0 Å². The van der Waals surface area contributed by atoms with E-state index in [9.17, 15) is 0 Å². The quantitative estimate of drug-likeness (QED) is 0.105. The molecule has 0 saturated carbocycles. The minimum absolute atomic E-state index is 0.948. The SMILES string of the molecule is CC[n+]1ccccc1N(CCCCCCCCCCN(c1ccccn1)c1cccc[n+]1CC)c1ccccn1. The minimum atomic E-state index is 0.948. The Morgan fingerprint density at radius 2 is 0.900 bits per heavy atom. The van der Waals surface area contributed by atoms with E-state index in [1.54, 1.807) is 0 Å². The summed E-state index contributed by atoms with van der Waals surface area (Å²) in [6.45, 7) is 8.26. The van der Waals surface area contributed by atoms with Crippen molar-refractivity contribution in [3.05, 3.63) is 97.6 Å². The largest absolute Gasteiger partial charge is 0.282 e. The Kier molecular flexibility index (Phi) is 11.9. The minimum Gasteiger partial charge on any atom is -0.234 e. The molecule has 0 amide bonds. The van der Waals surface area contributed by atoms with E-state index >= 15 is 0 Å². The van der Waals surface area contributed by atoms with Crippen LogP contribution in [-0.4, -0.2) is 23.1 Å². The van der Waals surface area contributed by atoms with E-state index in [0.29, 0.717) is 0 Å². The van der Waals surface area contributed by atoms with Gasteiger partial charge in [0.2, 0.25) is 11.6 Å². The van der Waals surface area contributed by atoms with E-state index in [4.69, 9.17) is 0 Å². The Morgan fingerprint density at radius 3 is 1.27 bits per heavy atom. The number of nitrogens with zero attached hydrogens (tertiary/aromatic N) is 6. The molecule has 4 heterocycles. The van der Waals surface area contributed by atoms with E-state index < -0.39 is 0 Å². The number of unbranched alkanes of at least 4 members (excludes halogenated alkanes) is 7. The molecule has 0 bridgehead atoms. The van der Waals surface area contributed by atoms with Gasteiger partial charge in [-0.25, -0.2) is 28.9 Å². The van der Waals surface area contributed by atoms with Gasteiger partial charge in [0.05, 0.1) is 38.6 Å². The third kappa shape index (κ3) is 8.35. The number of pyridine rings is 4. The van der Waals surface area contributed by atoms with Crippen molar-refractivity contribution in [3.8, 4) is 0 Å². The standard InChI is InChI=1S/C34H46N6/c1-3-37-27-19-13-23-33(37)39(31-21-11-15-25-35-31)29-17-9-7-5-6-8-10-18-30-40(32-22-12-16-26-36-32)34-24-14-20-28-38(34)4-2/h11-16,19-28H,3-10,17-18,29-30H2,1-2H3/q+2. The summed E-state index contributed by atoms with van der Waals surface area (Å²) in [5.74, 6) is 4.47. The Balaban J connectivity index is 1.19. The second-order valence-corrected chi connectivity index (χ2v) is 10.2. The number of hydrogen-bond donors (Lipinski definition) is 0. The van der Waals surface area contributed by atoms with Crippen LogP contribution < -0.4 is 18.9 Å².